The van der Waals surface area contributed by atoms with E-state index in [-0.39, 0.29) is 105 Å². The number of carbonyl (C=O) groups is 1. The molecule has 0 bridgehead atoms. The molecule has 4 aromatic carbocycles. The molecule has 1 amide bonds. The number of hydrogen-bond acceptors (Lipinski definition) is 14. The van der Waals surface area contributed by atoms with E-state index in [0.717, 1.165) is 33.5 Å². The first-order valence-corrected chi connectivity index (χ1v) is 18.7. The third kappa shape index (κ3) is 10.5. The molecule has 0 aliphatic carbocycles. The van der Waals surface area contributed by atoms with Gasteiger partial charge in [0, 0.05) is 5.69 Å². The number of hydrogen-bond donors (Lipinski definition) is 0. The van der Waals surface area contributed by atoms with Crippen LogP contribution in [-0.4, -0.2) is 48.3 Å². The molecule has 2 heterocycles. The summed E-state index contributed by atoms with van der Waals surface area (Å²) in [4.78, 5) is 25.5. The normalized spacial score (nSPS) is 14.4. The van der Waals surface area contributed by atoms with E-state index in [9.17, 15) is 40.6 Å². The average molecular weight is 878 g/mol. The number of anilines is 1. The molecule has 57 heavy (non-hydrogen) atoms. The number of nitrogens with zero attached hydrogens (tertiary/aromatic N) is 8. The Bertz CT molecular complexity index is 2720. The van der Waals surface area contributed by atoms with E-state index in [4.69, 9.17) is 0 Å². The maximum absolute atomic E-state index is 13.3. The van der Waals surface area contributed by atoms with Gasteiger partial charge in [0.25, 0.3) is 11.5 Å². The molecule has 1 aliphatic rings. The Kier molecular flexibility index (Phi) is 15.9. The number of carbonyl (C=O) groups excluding carboxylic acids is 1. The van der Waals surface area contributed by atoms with Crippen LogP contribution in [0.25, 0.3) is 5.69 Å². The molecule has 6 rings (SSSR count). The number of azo groups is 2. The molecule has 0 saturated carbocycles. The average Bonchev–Trinajstić information content (AvgIpc) is 3.55. The van der Waals surface area contributed by atoms with E-state index in [2.05, 4.69) is 30.7 Å². The van der Waals surface area contributed by atoms with Crippen molar-refractivity contribution in [2.45, 2.75) is 49.9 Å². The van der Waals surface area contributed by atoms with Crippen molar-refractivity contribution in [2.75, 3.05) is 5.01 Å². The van der Waals surface area contributed by atoms with Crippen LogP contribution >= 0.6 is 0 Å². The number of benzene rings is 4. The first-order valence-electron chi connectivity index (χ1n) is 15.9. The van der Waals surface area contributed by atoms with Gasteiger partial charge in [-0.05, 0) is 104 Å². The number of amides is 1. The van der Waals surface area contributed by atoms with Crippen LogP contribution in [0.2, 0.25) is 0 Å². The molecule has 1 aliphatic heterocycles. The van der Waals surface area contributed by atoms with Crippen LogP contribution in [0.4, 0.5) is 22.7 Å². The Hall–Kier alpha value is -3.63. The van der Waals surface area contributed by atoms with Crippen LogP contribution in [0, 0.1) is 20.8 Å². The monoisotopic (exact) mass is 877 g/mol. The van der Waals surface area contributed by atoms with Gasteiger partial charge in [-0.2, -0.15) is 25.5 Å². The Balaban J connectivity index is 0.00000290. The van der Waals surface area contributed by atoms with Crippen molar-refractivity contribution in [2.24, 2.45) is 25.6 Å². The summed E-state index contributed by atoms with van der Waals surface area (Å²) in [6.07, 6.45) is 0.228. The number of aromatic nitrogens is 2. The minimum atomic E-state index is -4.69. The van der Waals surface area contributed by atoms with Crippen LogP contribution in [-0.2, 0) is 48.5 Å². The molecule has 0 fully saturated rings. The van der Waals surface area contributed by atoms with Crippen molar-refractivity contribution in [3.63, 3.8) is 0 Å². The van der Waals surface area contributed by atoms with Gasteiger partial charge in [-0.1, -0.05) is 36.9 Å². The quantitative estimate of drug-likeness (QED) is 0.0891. The van der Waals surface area contributed by atoms with Gasteiger partial charge >= 0.3 is 76.2 Å². The second-order valence-corrected chi connectivity index (χ2v) is 15.0. The van der Waals surface area contributed by atoms with Crippen LogP contribution in [0.3, 0.4) is 0 Å². The fourth-order valence-corrected chi connectivity index (χ4v) is 6.71. The zero-order valence-corrected chi connectivity index (χ0v) is 37.7. The van der Waals surface area contributed by atoms with Crippen molar-refractivity contribution in [3.05, 3.63) is 117 Å². The van der Waals surface area contributed by atoms with Gasteiger partial charge < -0.3 is 24.0 Å². The van der Waals surface area contributed by atoms with Crippen molar-refractivity contribution < 1.29 is 112 Å². The second kappa shape index (κ2) is 19.0. The molecular weight excluding hydrogens is 850 g/mol. The minimum Gasteiger partial charge on any atom is -0.871 e. The third-order valence-corrected chi connectivity index (χ3v) is 10.1. The molecular formula is C35H28CuN8Na2O9S2. The molecule has 22 heteroatoms. The molecule has 0 saturated heterocycles. The van der Waals surface area contributed by atoms with Crippen LogP contribution in [0.15, 0.2) is 119 Å². The Morgan fingerprint density at radius 3 is 1.91 bits per heavy atom. The first kappa shape index (κ1) is 47.7. The number of para-hydroxylation sites is 1. The second-order valence-electron chi connectivity index (χ2n) is 12.3. The number of rotatable bonds is 10. The number of aryl methyl sites for hydroxylation is 3. The molecule has 1 radical (unpaired) electrons. The maximum Gasteiger partial charge on any atom is 2.00 e. The third-order valence-electron chi connectivity index (χ3n) is 8.41. The predicted octanol–water partition coefficient (Wildman–Crippen LogP) is -1.51. The van der Waals surface area contributed by atoms with E-state index >= 15 is 0 Å². The van der Waals surface area contributed by atoms with Gasteiger partial charge in [0.05, 0.1) is 32.6 Å². The molecule has 0 spiro atoms. The summed E-state index contributed by atoms with van der Waals surface area (Å²) in [6, 6.07) is 17.6. The maximum atomic E-state index is 13.3. The first-order chi connectivity index (χ1) is 25.4. The molecule has 5 aromatic rings. The van der Waals surface area contributed by atoms with E-state index in [0.29, 0.717) is 33.8 Å². The van der Waals surface area contributed by atoms with Gasteiger partial charge in [0.15, 0.2) is 6.04 Å². The van der Waals surface area contributed by atoms with Gasteiger partial charge in [-0.25, -0.2) is 16.8 Å². The minimum absolute atomic E-state index is 0. The van der Waals surface area contributed by atoms with Crippen LogP contribution in [0.1, 0.15) is 34.9 Å². The predicted molar refractivity (Wildman–Crippen MR) is 190 cm³/mol. The Morgan fingerprint density at radius 1 is 0.772 bits per heavy atom. The van der Waals surface area contributed by atoms with Crippen molar-refractivity contribution in [1.82, 2.24) is 9.78 Å². The smallest absolute Gasteiger partial charge is 0.871 e. The molecule has 1 unspecified atom stereocenters. The molecule has 287 valence electrons. The largest absolute Gasteiger partial charge is 2.00 e. The summed E-state index contributed by atoms with van der Waals surface area (Å²) in [5, 5.41) is 39.3. The Labute approximate surface area is 381 Å². The standard InChI is InChI=1S/C35H32N8O9S2.Cu.2Na/c1-19-16-26(53(47,48)49)12-14-29(19)42-34(45)31(21(3)40-42)38-36-25-10-8-23(9-11-25)18-24-6-5-7-28(33(24)44)37-39-32-22(4)41-43(35(32)46)30-15-13-27(17-20(30)2)54(50,51)52;;;/h5-17,31H,18H2,1-4H3,(H4,36,37,38,39,41,44,46,47,48,49,50,51,52);;;/q;+2;2*+1/p-4. The number of hydrazone groups is 1. The molecule has 1 atom stereocenters. The molecule has 1 aromatic heterocycles. The molecule has 17 nitrogen and oxygen atoms in total. The fraction of sp³-hybridized carbons (Fsp3) is 0.171. The van der Waals surface area contributed by atoms with E-state index in [1.54, 1.807) is 50.2 Å². The summed E-state index contributed by atoms with van der Waals surface area (Å²) in [7, 11) is -9.36. The van der Waals surface area contributed by atoms with E-state index in [1.165, 1.54) is 38.1 Å². The van der Waals surface area contributed by atoms with Crippen molar-refractivity contribution >= 4 is 54.6 Å². The fourth-order valence-electron chi connectivity index (χ4n) is 5.60. The van der Waals surface area contributed by atoms with Crippen molar-refractivity contribution in [3.8, 4) is 11.4 Å². The van der Waals surface area contributed by atoms with Crippen molar-refractivity contribution in [1.29, 1.82) is 0 Å². The van der Waals surface area contributed by atoms with Gasteiger partial charge in [-0.15, -0.1) is 10.8 Å². The summed E-state index contributed by atoms with van der Waals surface area (Å²) in [6.45, 7) is 6.21. The topological polar surface area (TPSA) is 256 Å². The van der Waals surface area contributed by atoms with E-state index in [1.807, 2.05) is 0 Å². The molecule has 0 N–H and O–H groups in total. The summed E-state index contributed by atoms with van der Waals surface area (Å²) < 4.78 is 69.2. The van der Waals surface area contributed by atoms with E-state index < -0.39 is 53.3 Å². The summed E-state index contributed by atoms with van der Waals surface area (Å²) in [5.74, 6) is -0.920. The summed E-state index contributed by atoms with van der Waals surface area (Å²) in [5.41, 5.74) is 2.58. The Morgan fingerprint density at radius 2 is 1.35 bits per heavy atom. The van der Waals surface area contributed by atoms with Gasteiger partial charge in [0.1, 0.15) is 25.9 Å². The summed E-state index contributed by atoms with van der Waals surface area (Å²) >= 11 is 0. The SMILES string of the molecule is CC1=NN(c2ccc(S(=O)(=O)[O-])cc2C)C(=O)C1N=Nc1ccc(Cc2cccc(N=Nc3c(C)[n-]n(-c4ccc(S(=O)(=O)[O-])cc4C)c3=O)c2[O-])cc1.[Cu+2].[Na+].[Na+]. The van der Waals surface area contributed by atoms with Crippen LogP contribution in [0.5, 0.6) is 5.75 Å². The zero-order chi connectivity index (χ0) is 39.1. The van der Waals surface area contributed by atoms with Crippen LogP contribution < -0.4 is 79.9 Å². The van der Waals surface area contributed by atoms with Gasteiger partial charge in [-0.3, -0.25) is 9.59 Å². The van der Waals surface area contributed by atoms with Gasteiger partial charge in [0.2, 0.25) is 0 Å². The zero-order valence-electron chi connectivity index (χ0n) is 31.2.